The van der Waals surface area contributed by atoms with Gasteiger partial charge in [0.25, 0.3) is 0 Å². The molecule has 0 fully saturated rings. The summed E-state index contributed by atoms with van der Waals surface area (Å²) in [4.78, 5) is 24.3. The molecule has 0 aromatic carbocycles. The number of hydrogen-bond donors (Lipinski definition) is 0. The largest absolute Gasteiger partial charge is 1.00 e. The number of allylic oxidation sites excluding steroid dienone is 4. The maximum absolute atomic E-state index is 12.2. The number of nitrogens with zero attached hydrogens (tertiary/aromatic N) is 1. The number of carbonyl (C=O) groups is 2. The van der Waals surface area contributed by atoms with Crippen LogP contribution in [0.5, 0.6) is 0 Å². The molecule has 2 unspecified atom stereocenters. The predicted molar refractivity (Wildman–Crippen MR) is 129 cm³/mol. The third-order valence-electron chi connectivity index (χ3n) is 5.29. The molecule has 0 saturated carbocycles. The van der Waals surface area contributed by atoms with Crippen molar-refractivity contribution >= 4 is 11.9 Å². The van der Waals surface area contributed by atoms with Crippen molar-refractivity contribution in [1.29, 1.82) is 0 Å². The molecule has 0 aromatic rings. The molecule has 2 atom stereocenters. The molecular weight excluding hydrogens is 470 g/mol. The summed E-state index contributed by atoms with van der Waals surface area (Å²) in [5.74, 6) is 0.514. The zero-order valence-electron chi connectivity index (χ0n) is 21.8. The number of rotatable bonds is 16. The fourth-order valence-electron chi connectivity index (χ4n) is 3.20. The van der Waals surface area contributed by atoms with E-state index in [0.717, 1.165) is 38.5 Å². The number of hydrogen-bond acceptors (Lipinski definition) is 4. The molecule has 0 amide bonds. The van der Waals surface area contributed by atoms with Crippen molar-refractivity contribution in [2.24, 2.45) is 11.8 Å². The topological polar surface area (TPSA) is 52.6 Å². The van der Waals surface area contributed by atoms with Crippen molar-refractivity contribution in [3.8, 4) is 0 Å². The van der Waals surface area contributed by atoms with E-state index in [1.165, 1.54) is 11.1 Å². The van der Waals surface area contributed by atoms with E-state index in [0.29, 0.717) is 25.0 Å². The van der Waals surface area contributed by atoms with Crippen LogP contribution in [0.15, 0.2) is 23.3 Å². The molecule has 32 heavy (non-hydrogen) atoms. The number of quaternary nitrogens is 1. The lowest BCUT2D eigenvalue weighted by atomic mass is 10.0. The lowest BCUT2D eigenvalue weighted by molar-refractivity contribution is -0.875. The monoisotopic (exact) mass is 517 g/mol. The van der Waals surface area contributed by atoms with Gasteiger partial charge in [0.15, 0.2) is 13.1 Å². The van der Waals surface area contributed by atoms with Crippen LogP contribution >= 0.6 is 0 Å². The number of ether oxygens (including phenoxy) is 2. The maximum atomic E-state index is 12.2. The third-order valence-corrected chi connectivity index (χ3v) is 5.29. The van der Waals surface area contributed by atoms with Gasteiger partial charge in [0.1, 0.15) is 0 Å². The molecule has 0 N–H and O–H groups in total. The second-order valence-electron chi connectivity index (χ2n) is 10.2. The lowest BCUT2D eigenvalue weighted by Crippen LogP contribution is -3.00. The summed E-state index contributed by atoms with van der Waals surface area (Å²) in [6, 6.07) is 0. The van der Waals surface area contributed by atoms with Gasteiger partial charge in [-0.05, 0) is 78.1 Å². The molecular formula is C26H48BrNO4. The first-order valence-corrected chi connectivity index (χ1v) is 11.8. The first kappa shape index (κ1) is 33.0. The van der Waals surface area contributed by atoms with Crippen LogP contribution in [-0.4, -0.2) is 56.8 Å². The van der Waals surface area contributed by atoms with Crippen molar-refractivity contribution in [1.82, 2.24) is 0 Å². The molecule has 0 aromatic heterocycles. The van der Waals surface area contributed by atoms with Gasteiger partial charge in [-0.2, -0.15) is 0 Å². The Labute approximate surface area is 208 Å². The Bertz CT molecular complexity index is 541. The summed E-state index contributed by atoms with van der Waals surface area (Å²) in [6.07, 6.45) is 10.6. The molecule has 0 radical (unpaired) electrons. The second kappa shape index (κ2) is 18.3. The third kappa shape index (κ3) is 20.7. The van der Waals surface area contributed by atoms with E-state index in [9.17, 15) is 9.59 Å². The molecule has 0 aliphatic rings. The highest BCUT2D eigenvalue weighted by Crippen LogP contribution is 2.13. The summed E-state index contributed by atoms with van der Waals surface area (Å²) in [5.41, 5.74) is 2.68. The minimum absolute atomic E-state index is 0. The van der Waals surface area contributed by atoms with E-state index in [-0.39, 0.29) is 46.5 Å². The van der Waals surface area contributed by atoms with Crippen molar-refractivity contribution < 1.29 is 40.5 Å². The SMILES string of the molecule is CC(C)=CCCC(C)CCOC(=O)C[N+](C)(C)CC(=O)OCCC(C)CCC=C(C)C.[Br-]. The molecule has 5 nitrogen and oxygen atoms in total. The van der Waals surface area contributed by atoms with Crippen LogP contribution in [0, 0.1) is 11.8 Å². The molecule has 0 aliphatic heterocycles. The van der Waals surface area contributed by atoms with Gasteiger partial charge in [0.2, 0.25) is 0 Å². The van der Waals surface area contributed by atoms with Crippen molar-refractivity contribution in [2.75, 3.05) is 40.4 Å². The number of carbonyl (C=O) groups excluding carboxylic acids is 2. The Morgan fingerprint density at radius 2 is 1.06 bits per heavy atom. The minimum atomic E-state index is -0.262. The van der Waals surface area contributed by atoms with Crippen molar-refractivity contribution in [2.45, 2.75) is 80.1 Å². The van der Waals surface area contributed by atoms with Crippen molar-refractivity contribution in [3.63, 3.8) is 0 Å². The fraction of sp³-hybridized carbons (Fsp3) is 0.769. The lowest BCUT2D eigenvalue weighted by Gasteiger charge is -2.27. The molecule has 6 heteroatoms. The van der Waals surface area contributed by atoms with E-state index >= 15 is 0 Å². The minimum Gasteiger partial charge on any atom is -1.00 e. The van der Waals surface area contributed by atoms with Crippen LogP contribution in [0.1, 0.15) is 80.1 Å². The van der Waals surface area contributed by atoms with Gasteiger partial charge in [-0.15, -0.1) is 0 Å². The highest BCUT2D eigenvalue weighted by molar-refractivity contribution is 5.73. The van der Waals surface area contributed by atoms with E-state index in [1.54, 1.807) is 0 Å². The Hall–Kier alpha value is -1.14. The summed E-state index contributed by atoms with van der Waals surface area (Å²) in [6.45, 7) is 14.0. The molecule has 188 valence electrons. The summed E-state index contributed by atoms with van der Waals surface area (Å²) in [7, 11) is 3.71. The van der Waals surface area contributed by atoms with E-state index in [1.807, 2.05) is 14.1 Å². The van der Waals surface area contributed by atoms with Crippen LogP contribution in [0.4, 0.5) is 0 Å². The summed E-state index contributed by atoms with van der Waals surface area (Å²) >= 11 is 0. The van der Waals surface area contributed by atoms with Crippen LogP contribution in [0.25, 0.3) is 0 Å². The molecule has 0 aliphatic carbocycles. The van der Waals surface area contributed by atoms with Gasteiger partial charge in [-0.25, -0.2) is 9.59 Å². The van der Waals surface area contributed by atoms with Crippen LogP contribution < -0.4 is 17.0 Å². The average Bonchev–Trinajstić information content (AvgIpc) is 2.59. The zero-order chi connectivity index (χ0) is 23.9. The Morgan fingerprint density at radius 1 is 0.719 bits per heavy atom. The average molecular weight is 519 g/mol. The quantitative estimate of drug-likeness (QED) is 0.179. The van der Waals surface area contributed by atoms with Gasteiger partial charge >= 0.3 is 11.9 Å². The van der Waals surface area contributed by atoms with Gasteiger partial charge < -0.3 is 30.9 Å². The highest BCUT2D eigenvalue weighted by Gasteiger charge is 2.25. The number of halogens is 1. The summed E-state index contributed by atoms with van der Waals surface area (Å²) in [5, 5.41) is 0. The van der Waals surface area contributed by atoms with Crippen LogP contribution in [-0.2, 0) is 19.1 Å². The fourth-order valence-corrected chi connectivity index (χ4v) is 3.20. The molecule has 0 bridgehead atoms. The van der Waals surface area contributed by atoms with Gasteiger partial charge in [0.05, 0.1) is 27.3 Å². The van der Waals surface area contributed by atoms with Gasteiger partial charge in [0, 0.05) is 0 Å². The maximum Gasteiger partial charge on any atom is 0.361 e. The number of likely N-dealkylation sites (N-methyl/N-ethyl adjacent to an activating group) is 1. The molecule has 0 rings (SSSR count). The smallest absolute Gasteiger partial charge is 0.361 e. The first-order valence-electron chi connectivity index (χ1n) is 11.8. The zero-order valence-corrected chi connectivity index (χ0v) is 23.4. The Balaban J connectivity index is 0. The number of esters is 2. The van der Waals surface area contributed by atoms with Crippen LogP contribution in [0.3, 0.4) is 0 Å². The van der Waals surface area contributed by atoms with E-state index in [2.05, 4.69) is 53.7 Å². The molecule has 0 saturated heterocycles. The Kier molecular flexibility index (Phi) is 18.9. The van der Waals surface area contributed by atoms with E-state index in [4.69, 9.17) is 9.47 Å². The second-order valence-corrected chi connectivity index (χ2v) is 10.2. The Morgan fingerprint density at radius 3 is 1.38 bits per heavy atom. The highest BCUT2D eigenvalue weighted by atomic mass is 79.9. The van der Waals surface area contributed by atoms with Crippen molar-refractivity contribution in [3.05, 3.63) is 23.3 Å². The standard InChI is InChI=1S/C26H48NO4.BrH/c1-21(2)11-9-13-23(5)15-17-30-25(28)19-27(7,8)20-26(29)31-18-16-24(6)14-10-12-22(3)4;/h11-12,23-24H,9-10,13-20H2,1-8H3;1H/q+1;/p-1. The molecule has 0 heterocycles. The van der Waals surface area contributed by atoms with Gasteiger partial charge in [-0.3, -0.25) is 0 Å². The normalized spacial score (nSPS) is 12.8. The van der Waals surface area contributed by atoms with Crippen LogP contribution in [0.2, 0.25) is 0 Å². The van der Waals surface area contributed by atoms with Gasteiger partial charge in [-0.1, -0.05) is 37.1 Å². The predicted octanol–water partition coefficient (Wildman–Crippen LogP) is 2.70. The summed E-state index contributed by atoms with van der Waals surface area (Å²) < 4.78 is 11.0. The van der Waals surface area contributed by atoms with E-state index < -0.39 is 0 Å². The first-order chi connectivity index (χ1) is 14.4. The molecule has 0 spiro atoms.